The minimum atomic E-state index is -0.300. The molecule has 0 amide bonds. The quantitative estimate of drug-likeness (QED) is 0.507. The summed E-state index contributed by atoms with van der Waals surface area (Å²) in [5.41, 5.74) is 10.2. The Morgan fingerprint density at radius 1 is 1.05 bits per heavy atom. The Morgan fingerprint density at radius 2 is 1.55 bits per heavy atom. The highest BCUT2D eigenvalue weighted by atomic mass is 79.9. The van der Waals surface area contributed by atoms with Gasteiger partial charge in [-0.15, -0.1) is 0 Å². The Kier molecular flexibility index (Phi) is 4.81. The third kappa shape index (κ3) is 3.85. The van der Waals surface area contributed by atoms with Crippen LogP contribution in [0.5, 0.6) is 0 Å². The summed E-state index contributed by atoms with van der Waals surface area (Å²) in [6.07, 6.45) is 0. The molecule has 2 aromatic rings. The van der Waals surface area contributed by atoms with Gasteiger partial charge in [0.1, 0.15) is 5.82 Å². The highest BCUT2D eigenvalue weighted by Gasteiger charge is 2.07. The molecular formula is C14H11BrFN3S. The summed E-state index contributed by atoms with van der Waals surface area (Å²) in [6.45, 7) is 0. The predicted octanol–water partition coefficient (Wildman–Crippen LogP) is 3.17. The van der Waals surface area contributed by atoms with Gasteiger partial charge in [0, 0.05) is 15.6 Å². The van der Waals surface area contributed by atoms with E-state index in [1.807, 2.05) is 24.3 Å². The summed E-state index contributed by atoms with van der Waals surface area (Å²) >= 11 is 8.12. The predicted molar refractivity (Wildman–Crippen MR) is 86.1 cm³/mol. The molecule has 0 radical (unpaired) electrons. The second-order valence-corrected chi connectivity index (χ2v) is 5.31. The molecule has 2 aromatic carbocycles. The molecule has 0 aromatic heterocycles. The van der Waals surface area contributed by atoms with Gasteiger partial charge in [-0.3, -0.25) is 5.43 Å². The maximum atomic E-state index is 13.0. The van der Waals surface area contributed by atoms with E-state index < -0.39 is 0 Å². The number of hydrogen-bond donors (Lipinski definition) is 2. The van der Waals surface area contributed by atoms with Crippen molar-refractivity contribution in [3.05, 3.63) is 69.9 Å². The van der Waals surface area contributed by atoms with E-state index in [1.54, 1.807) is 12.1 Å². The van der Waals surface area contributed by atoms with Crippen molar-refractivity contribution in [1.29, 1.82) is 0 Å². The fourth-order valence-corrected chi connectivity index (χ4v) is 1.93. The summed E-state index contributed by atoms with van der Waals surface area (Å²) < 4.78 is 14.0. The van der Waals surface area contributed by atoms with Crippen molar-refractivity contribution in [2.45, 2.75) is 0 Å². The van der Waals surface area contributed by atoms with Gasteiger partial charge in [0.05, 0.1) is 5.71 Å². The van der Waals surface area contributed by atoms with Gasteiger partial charge in [0.15, 0.2) is 5.11 Å². The van der Waals surface area contributed by atoms with Crippen molar-refractivity contribution >= 4 is 39.0 Å². The molecular weight excluding hydrogens is 341 g/mol. The van der Waals surface area contributed by atoms with Gasteiger partial charge >= 0.3 is 0 Å². The third-order valence-electron chi connectivity index (χ3n) is 2.51. The summed E-state index contributed by atoms with van der Waals surface area (Å²) in [5, 5.41) is 4.26. The number of nitrogens with zero attached hydrogens (tertiary/aromatic N) is 1. The average molecular weight is 352 g/mol. The van der Waals surface area contributed by atoms with E-state index in [4.69, 9.17) is 18.0 Å². The first-order chi connectivity index (χ1) is 9.56. The van der Waals surface area contributed by atoms with Crippen molar-refractivity contribution in [3.63, 3.8) is 0 Å². The number of nitrogens with two attached hydrogens (primary N) is 1. The zero-order chi connectivity index (χ0) is 14.5. The van der Waals surface area contributed by atoms with Crippen LogP contribution in [0.4, 0.5) is 4.39 Å². The second kappa shape index (κ2) is 6.58. The molecule has 0 atom stereocenters. The Morgan fingerprint density at radius 3 is 2.05 bits per heavy atom. The molecule has 20 heavy (non-hydrogen) atoms. The molecule has 0 fully saturated rings. The van der Waals surface area contributed by atoms with E-state index in [9.17, 15) is 4.39 Å². The molecule has 0 heterocycles. The van der Waals surface area contributed by atoms with Crippen molar-refractivity contribution in [2.24, 2.45) is 10.8 Å². The Balaban J connectivity index is 2.44. The maximum Gasteiger partial charge on any atom is 0.184 e. The standard InChI is InChI=1S/C14H11BrFN3S/c15-11-5-1-9(2-6-11)13(18-19-14(17)20)10-3-7-12(16)8-4-10/h1-8H,(H3,17,19,20)/b18-13-. The van der Waals surface area contributed by atoms with Crippen LogP contribution >= 0.6 is 28.1 Å². The first-order valence-corrected chi connectivity index (χ1v) is 6.91. The van der Waals surface area contributed by atoms with Crippen LogP contribution in [0.1, 0.15) is 11.1 Å². The smallest absolute Gasteiger partial charge is 0.184 e. The fourth-order valence-electron chi connectivity index (χ4n) is 1.62. The summed E-state index contributed by atoms with van der Waals surface area (Å²) in [6, 6.07) is 13.6. The van der Waals surface area contributed by atoms with Gasteiger partial charge in [-0.1, -0.05) is 28.1 Å². The summed E-state index contributed by atoms with van der Waals surface area (Å²) in [5.74, 6) is -0.300. The Bertz CT molecular complexity index is 591. The van der Waals surface area contributed by atoms with E-state index in [2.05, 4.69) is 26.5 Å². The van der Waals surface area contributed by atoms with Crippen LogP contribution < -0.4 is 11.2 Å². The largest absolute Gasteiger partial charge is 0.375 e. The lowest BCUT2D eigenvalue weighted by Gasteiger charge is -2.08. The van der Waals surface area contributed by atoms with Crippen molar-refractivity contribution in [2.75, 3.05) is 0 Å². The molecule has 0 aliphatic heterocycles. The normalized spacial score (nSPS) is 11.2. The average Bonchev–Trinajstić information content (AvgIpc) is 2.42. The fraction of sp³-hybridized carbons (Fsp3) is 0. The second-order valence-electron chi connectivity index (χ2n) is 3.95. The third-order valence-corrected chi connectivity index (χ3v) is 3.13. The lowest BCUT2D eigenvalue weighted by atomic mass is 10.0. The first-order valence-electron chi connectivity index (χ1n) is 5.71. The lowest BCUT2D eigenvalue weighted by molar-refractivity contribution is 0.628. The van der Waals surface area contributed by atoms with Crippen LogP contribution in [0.3, 0.4) is 0 Å². The molecule has 3 nitrogen and oxygen atoms in total. The molecule has 3 N–H and O–H groups in total. The van der Waals surface area contributed by atoms with E-state index in [0.717, 1.165) is 15.6 Å². The zero-order valence-corrected chi connectivity index (χ0v) is 12.7. The number of thiocarbonyl (C=S) groups is 1. The Hall–Kier alpha value is -1.79. The molecule has 6 heteroatoms. The van der Waals surface area contributed by atoms with Crippen molar-refractivity contribution < 1.29 is 4.39 Å². The van der Waals surface area contributed by atoms with Crippen LogP contribution in [0.15, 0.2) is 58.1 Å². The van der Waals surface area contributed by atoms with E-state index in [-0.39, 0.29) is 10.9 Å². The minimum absolute atomic E-state index is 0.0710. The zero-order valence-electron chi connectivity index (χ0n) is 10.3. The van der Waals surface area contributed by atoms with Crippen LogP contribution in [0.2, 0.25) is 0 Å². The monoisotopic (exact) mass is 351 g/mol. The molecule has 0 aliphatic carbocycles. The number of benzene rings is 2. The SMILES string of the molecule is NC(=S)N/N=C(\c1ccc(F)cc1)c1ccc(Br)cc1. The summed E-state index contributed by atoms with van der Waals surface area (Å²) in [4.78, 5) is 0. The van der Waals surface area contributed by atoms with Crippen LogP contribution in [0, 0.1) is 5.82 Å². The van der Waals surface area contributed by atoms with E-state index in [1.165, 1.54) is 12.1 Å². The lowest BCUT2D eigenvalue weighted by Crippen LogP contribution is -2.26. The van der Waals surface area contributed by atoms with E-state index in [0.29, 0.717) is 5.71 Å². The molecule has 0 aliphatic rings. The van der Waals surface area contributed by atoms with Gasteiger partial charge in [0.25, 0.3) is 0 Å². The first kappa shape index (κ1) is 14.6. The number of hydrogen-bond acceptors (Lipinski definition) is 2. The number of nitrogens with one attached hydrogen (secondary N) is 1. The van der Waals surface area contributed by atoms with Gasteiger partial charge in [-0.2, -0.15) is 5.10 Å². The van der Waals surface area contributed by atoms with Crippen molar-refractivity contribution in [1.82, 2.24) is 5.43 Å². The van der Waals surface area contributed by atoms with Crippen LogP contribution in [-0.4, -0.2) is 10.8 Å². The number of hydrazone groups is 1. The molecule has 0 saturated heterocycles. The van der Waals surface area contributed by atoms with Crippen LogP contribution in [0.25, 0.3) is 0 Å². The molecule has 0 spiro atoms. The van der Waals surface area contributed by atoms with Crippen molar-refractivity contribution in [3.8, 4) is 0 Å². The number of rotatable bonds is 3. The minimum Gasteiger partial charge on any atom is -0.375 e. The number of halogens is 2. The topological polar surface area (TPSA) is 50.4 Å². The summed E-state index contributed by atoms with van der Waals surface area (Å²) in [7, 11) is 0. The molecule has 102 valence electrons. The van der Waals surface area contributed by atoms with E-state index >= 15 is 0 Å². The molecule has 2 rings (SSSR count). The van der Waals surface area contributed by atoms with Gasteiger partial charge in [0.2, 0.25) is 0 Å². The maximum absolute atomic E-state index is 13.0. The van der Waals surface area contributed by atoms with Crippen LogP contribution in [-0.2, 0) is 0 Å². The molecule has 0 unspecified atom stereocenters. The van der Waals surface area contributed by atoms with Gasteiger partial charge in [-0.05, 0) is 48.6 Å². The highest BCUT2D eigenvalue weighted by Crippen LogP contribution is 2.15. The molecule has 0 saturated carbocycles. The molecule has 0 bridgehead atoms. The Labute approximate surface area is 129 Å². The highest BCUT2D eigenvalue weighted by molar-refractivity contribution is 9.10. The van der Waals surface area contributed by atoms with Gasteiger partial charge < -0.3 is 5.73 Å². The van der Waals surface area contributed by atoms with Gasteiger partial charge in [-0.25, -0.2) is 4.39 Å².